The molecule has 3 aromatic heterocycles. The Bertz CT molecular complexity index is 1230. The van der Waals surface area contributed by atoms with Gasteiger partial charge in [-0.15, -0.1) is 0 Å². The Morgan fingerprint density at radius 3 is 2.67 bits per heavy atom. The summed E-state index contributed by atoms with van der Waals surface area (Å²) in [4.78, 5) is 13.6. The maximum atomic E-state index is 5.90. The van der Waals surface area contributed by atoms with E-state index in [4.69, 9.17) is 10.5 Å². The lowest BCUT2D eigenvalue weighted by Gasteiger charge is -2.25. The second kappa shape index (κ2) is 8.34. The molecule has 1 saturated heterocycles. The molecule has 2 N–H and O–H groups in total. The summed E-state index contributed by atoms with van der Waals surface area (Å²) in [6.45, 7) is 4.00. The minimum atomic E-state index is 0.673. The number of imidazole rings is 1. The Morgan fingerprint density at radius 2 is 1.83 bits per heavy atom. The van der Waals surface area contributed by atoms with Crippen molar-refractivity contribution in [1.29, 1.82) is 0 Å². The van der Waals surface area contributed by atoms with Crippen LogP contribution < -0.4 is 10.5 Å². The highest BCUT2D eigenvalue weighted by atomic mass is 32.1. The highest BCUT2D eigenvalue weighted by Crippen LogP contribution is 2.26. The molecule has 1 aliphatic rings. The summed E-state index contributed by atoms with van der Waals surface area (Å²) in [5, 5.41) is 0. The molecule has 0 aliphatic carbocycles. The van der Waals surface area contributed by atoms with Crippen molar-refractivity contribution in [1.82, 2.24) is 19.3 Å². The predicted molar refractivity (Wildman–Crippen MR) is 121 cm³/mol. The van der Waals surface area contributed by atoms with Crippen LogP contribution in [0.15, 0.2) is 42.6 Å². The Balaban J connectivity index is 1.29. The standard InChI is InChI=1S/C23H23N5OS/c24-18-7-4-17(5-8-18)6-9-19-16-28-20-10-11-21(26-22(20)30-23(28)25-19)29-15-14-27-12-2-1-3-13-27/h4-5,7-8,10-11,16H,1-3,12-15,24H2. The first-order valence-electron chi connectivity index (χ1n) is 10.3. The number of nitrogen functional groups attached to an aromatic ring is 1. The summed E-state index contributed by atoms with van der Waals surface area (Å²) in [5.41, 5.74) is 9.12. The number of thiazole rings is 1. The molecule has 6 nitrogen and oxygen atoms in total. The number of benzene rings is 1. The Hall–Kier alpha value is -3.08. The molecule has 1 fully saturated rings. The van der Waals surface area contributed by atoms with Crippen molar-refractivity contribution in [3.8, 4) is 17.7 Å². The van der Waals surface area contributed by atoms with Crippen LogP contribution in [0.5, 0.6) is 5.88 Å². The lowest BCUT2D eigenvalue weighted by molar-refractivity contribution is 0.181. The van der Waals surface area contributed by atoms with Gasteiger partial charge in [-0.25, -0.2) is 9.97 Å². The van der Waals surface area contributed by atoms with Gasteiger partial charge in [0.15, 0.2) is 4.96 Å². The number of nitrogens with two attached hydrogens (primary N) is 1. The van der Waals surface area contributed by atoms with Crippen molar-refractivity contribution in [3.63, 3.8) is 0 Å². The molecule has 4 aromatic rings. The molecule has 30 heavy (non-hydrogen) atoms. The van der Waals surface area contributed by atoms with Gasteiger partial charge in [0.2, 0.25) is 5.88 Å². The van der Waals surface area contributed by atoms with E-state index in [-0.39, 0.29) is 0 Å². The highest BCUT2D eigenvalue weighted by Gasteiger charge is 2.12. The van der Waals surface area contributed by atoms with Gasteiger partial charge >= 0.3 is 0 Å². The van der Waals surface area contributed by atoms with E-state index in [9.17, 15) is 0 Å². The maximum absolute atomic E-state index is 5.90. The Kier molecular flexibility index (Phi) is 5.26. The van der Waals surface area contributed by atoms with Crippen LogP contribution in [0, 0.1) is 11.8 Å². The van der Waals surface area contributed by atoms with Crippen LogP contribution in [0.3, 0.4) is 0 Å². The molecule has 0 saturated carbocycles. The van der Waals surface area contributed by atoms with Crippen LogP contribution >= 0.6 is 11.3 Å². The van der Waals surface area contributed by atoms with Crippen molar-refractivity contribution in [2.24, 2.45) is 0 Å². The van der Waals surface area contributed by atoms with Gasteiger partial charge in [0.1, 0.15) is 17.1 Å². The fraction of sp³-hybridized carbons (Fsp3) is 0.304. The van der Waals surface area contributed by atoms with Crippen molar-refractivity contribution in [2.45, 2.75) is 19.3 Å². The van der Waals surface area contributed by atoms with Crippen LogP contribution in [0.1, 0.15) is 30.5 Å². The van der Waals surface area contributed by atoms with E-state index in [2.05, 4.69) is 26.7 Å². The van der Waals surface area contributed by atoms with Crippen molar-refractivity contribution >= 4 is 32.3 Å². The van der Waals surface area contributed by atoms with Crippen LogP contribution in [0.25, 0.3) is 15.3 Å². The van der Waals surface area contributed by atoms with Gasteiger partial charge in [-0.1, -0.05) is 23.7 Å². The van der Waals surface area contributed by atoms with Crippen molar-refractivity contribution in [3.05, 3.63) is 53.9 Å². The molecule has 7 heteroatoms. The fourth-order valence-electron chi connectivity index (χ4n) is 3.67. The first-order chi connectivity index (χ1) is 14.7. The third-order valence-electron chi connectivity index (χ3n) is 5.29. The summed E-state index contributed by atoms with van der Waals surface area (Å²) in [6, 6.07) is 11.5. The van der Waals surface area contributed by atoms with Crippen molar-refractivity contribution in [2.75, 3.05) is 32.0 Å². The minimum absolute atomic E-state index is 0.673. The normalized spacial score (nSPS) is 14.7. The average Bonchev–Trinajstić information content (AvgIpc) is 3.31. The van der Waals surface area contributed by atoms with Gasteiger partial charge in [0.25, 0.3) is 0 Å². The molecular weight excluding hydrogens is 394 g/mol. The Labute approximate surface area is 179 Å². The molecule has 0 radical (unpaired) electrons. The molecular formula is C23H23N5OS. The molecule has 0 amide bonds. The number of likely N-dealkylation sites (tertiary alicyclic amines) is 1. The number of hydrogen-bond acceptors (Lipinski definition) is 6. The summed E-state index contributed by atoms with van der Waals surface area (Å²) >= 11 is 1.55. The van der Waals surface area contributed by atoms with E-state index >= 15 is 0 Å². The van der Waals surface area contributed by atoms with E-state index in [1.807, 2.05) is 47.0 Å². The number of fused-ring (bicyclic) bond motifs is 3. The summed E-state index contributed by atoms with van der Waals surface area (Å²) < 4.78 is 7.94. The van der Waals surface area contributed by atoms with Crippen LogP contribution in [-0.2, 0) is 0 Å². The topological polar surface area (TPSA) is 68.7 Å². The molecule has 0 atom stereocenters. The zero-order valence-corrected chi connectivity index (χ0v) is 17.5. The van der Waals surface area contributed by atoms with Gasteiger partial charge in [-0.05, 0) is 62.2 Å². The molecule has 0 spiro atoms. The van der Waals surface area contributed by atoms with E-state index < -0.39 is 0 Å². The maximum Gasteiger partial charge on any atom is 0.214 e. The Morgan fingerprint density at radius 1 is 1.00 bits per heavy atom. The number of rotatable bonds is 4. The molecule has 4 heterocycles. The number of anilines is 1. The average molecular weight is 418 g/mol. The van der Waals surface area contributed by atoms with Gasteiger partial charge in [-0.3, -0.25) is 9.30 Å². The molecule has 0 bridgehead atoms. The lowest BCUT2D eigenvalue weighted by atomic mass is 10.1. The summed E-state index contributed by atoms with van der Waals surface area (Å²) in [7, 11) is 0. The van der Waals surface area contributed by atoms with Gasteiger partial charge < -0.3 is 10.5 Å². The highest BCUT2D eigenvalue weighted by molar-refractivity contribution is 7.23. The summed E-state index contributed by atoms with van der Waals surface area (Å²) in [5.74, 6) is 6.93. The fourth-order valence-corrected chi connectivity index (χ4v) is 4.65. The number of piperidine rings is 1. The van der Waals surface area contributed by atoms with E-state index in [1.54, 1.807) is 11.3 Å². The minimum Gasteiger partial charge on any atom is -0.476 e. The zero-order chi connectivity index (χ0) is 20.3. The first-order valence-corrected chi connectivity index (χ1v) is 11.1. The molecule has 1 aliphatic heterocycles. The van der Waals surface area contributed by atoms with Gasteiger partial charge in [-0.2, -0.15) is 0 Å². The molecule has 5 rings (SSSR count). The zero-order valence-electron chi connectivity index (χ0n) is 16.7. The second-order valence-electron chi connectivity index (χ2n) is 7.48. The van der Waals surface area contributed by atoms with Gasteiger partial charge in [0, 0.05) is 30.1 Å². The van der Waals surface area contributed by atoms with Crippen LogP contribution in [0.4, 0.5) is 5.69 Å². The number of hydrogen-bond donors (Lipinski definition) is 1. The number of ether oxygens (including phenoxy) is 1. The third kappa shape index (κ3) is 4.11. The predicted octanol–water partition coefficient (Wildman–Crippen LogP) is 3.79. The van der Waals surface area contributed by atoms with Crippen LogP contribution in [-0.4, -0.2) is 45.5 Å². The second-order valence-corrected chi connectivity index (χ2v) is 8.43. The number of nitrogens with zero attached hydrogens (tertiary/aromatic N) is 4. The quantitative estimate of drug-likeness (QED) is 0.404. The molecule has 152 valence electrons. The van der Waals surface area contributed by atoms with E-state index in [0.717, 1.165) is 38.8 Å². The first kappa shape index (κ1) is 18.9. The molecule has 1 aromatic carbocycles. The number of pyridine rings is 1. The lowest BCUT2D eigenvalue weighted by Crippen LogP contribution is -2.33. The third-order valence-corrected chi connectivity index (χ3v) is 6.25. The smallest absolute Gasteiger partial charge is 0.214 e. The summed E-state index contributed by atoms with van der Waals surface area (Å²) in [6.07, 6.45) is 5.90. The van der Waals surface area contributed by atoms with E-state index in [0.29, 0.717) is 12.5 Å². The van der Waals surface area contributed by atoms with Gasteiger partial charge in [0.05, 0.1) is 5.52 Å². The van der Waals surface area contributed by atoms with Crippen molar-refractivity contribution < 1.29 is 4.74 Å². The molecule has 0 unspecified atom stereocenters. The monoisotopic (exact) mass is 417 g/mol. The van der Waals surface area contributed by atoms with E-state index in [1.165, 1.54) is 32.4 Å². The SMILES string of the molecule is Nc1ccc(C#Cc2cn3c(n2)sc2nc(OCCN4CCCCC4)ccc23)cc1. The van der Waals surface area contributed by atoms with Crippen LogP contribution in [0.2, 0.25) is 0 Å². The number of aromatic nitrogens is 3. The largest absolute Gasteiger partial charge is 0.476 e.